The van der Waals surface area contributed by atoms with Crippen molar-refractivity contribution in [3.63, 3.8) is 0 Å². The maximum absolute atomic E-state index is 8.49. The second-order valence-corrected chi connectivity index (χ2v) is 25.2. The van der Waals surface area contributed by atoms with Crippen molar-refractivity contribution < 1.29 is 30.0 Å². The Morgan fingerprint density at radius 1 is 0.833 bits per heavy atom. The fourth-order valence-electron chi connectivity index (χ4n) is 6.92. The van der Waals surface area contributed by atoms with Gasteiger partial charge in [-0.05, 0) is 42.6 Å². The Balaban J connectivity index is 0.000000184. The predicted molar refractivity (Wildman–Crippen MR) is 223 cm³/mol. The number of rotatable bonds is 5. The van der Waals surface area contributed by atoms with Crippen LogP contribution in [0.3, 0.4) is 0 Å². The molecule has 271 valence electrons. The van der Waals surface area contributed by atoms with E-state index in [4.69, 9.17) is 14.9 Å². The van der Waals surface area contributed by atoms with Crippen LogP contribution in [-0.2, 0) is 20.1 Å². The topological polar surface area (TPSA) is 56.7 Å². The Morgan fingerprint density at radius 2 is 1.63 bits per heavy atom. The first-order chi connectivity index (χ1) is 27.1. The number of aryl methyl sites for hydroxylation is 2. The van der Waals surface area contributed by atoms with Crippen molar-refractivity contribution >= 4 is 61.5 Å². The molecule has 7 heteroatoms. The number of fused-ring (bicyclic) bond motifs is 5. The minimum absolute atomic E-state index is 0. The van der Waals surface area contributed by atoms with Crippen LogP contribution in [0.15, 0.2) is 126 Å². The molecule has 0 fully saturated rings. The van der Waals surface area contributed by atoms with E-state index in [9.17, 15) is 0 Å². The van der Waals surface area contributed by atoms with E-state index >= 15 is 0 Å². The fraction of sp³-hybridized carbons (Fsp3) is 0.170. The summed E-state index contributed by atoms with van der Waals surface area (Å²) in [6, 6.07) is 44.3. The van der Waals surface area contributed by atoms with Gasteiger partial charge in [0, 0.05) is 42.3 Å². The van der Waals surface area contributed by atoms with Gasteiger partial charge in [-0.3, -0.25) is 4.98 Å². The summed E-state index contributed by atoms with van der Waals surface area (Å²) in [5.41, 5.74) is 8.95. The number of benzene rings is 5. The summed E-state index contributed by atoms with van der Waals surface area (Å²) in [7, 11) is 0. The van der Waals surface area contributed by atoms with Gasteiger partial charge in [0.25, 0.3) is 0 Å². The van der Waals surface area contributed by atoms with Crippen molar-refractivity contribution in [3.05, 3.63) is 150 Å². The molecule has 4 aromatic heterocycles. The van der Waals surface area contributed by atoms with Crippen LogP contribution in [0.25, 0.3) is 72.2 Å². The van der Waals surface area contributed by atoms with Crippen molar-refractivity contribution in [1.29, 1.82) is 0 Å². The molecule has 54 heavy (non-hydrogen) atoms. The Hall–Kier alpha value is -4.88. The van der Waals surface area contributed by atoms with Crippen LogP contribution in [-0.4, -0.2) is 32.8 Å². The SMILES string of the molecule is Cc1ccc2c(n1)oc1c(-c3nc4ccccc4n3-c3cccc4ccccc34)[c-]ccc12.[2H]C([2H])([2H])c1c[c-]c(-c2cc(C([2H])(C)C)[c]([Ge]([CH3])([CH3])[CH3])cn2)cc1.[Ir]. The molecule has 0 amide bonds. The normalized spacial score (nSPS) is 13.1. The van der Waals surface area contributed by atoms with E-state index in [2.05, 4.69) is 98.5 Å². The second kappa shape index (κ2) is 15.1. The van der Waals surface area contributed by atoms with Gasteiger partial charge >= 0.3 is 131 Å². The molecule has 0 N–H and O–H groups in total. The molecule has 5 aromatic carbocycles. The first-order valence-electron chi connectivity index (χ1n) is 19.8. The number of para-hydroxylation sites is 2. The maximum atomic E-state index is 8.49. The van der Waals surface area contributed by atoms with Gasteiger partial charge in [-0.15, -0.1) is 18.2 Å². The molecule has 0 atom stereocenters. The van der Waals surface area contributed by atoms with Gasteiger partial charge in [0.05, 0.1) is 22.4 Å². The Kier molecular flexibility index (Phi) is 9.10. The van der Waals surface area contributed by atoms with Crippen LogP contribution in [0.5, 0.6) is 0 Å². The molecular weight excluding hydrogens is 901 g/mol. The molecule has 4 heterocycles. The predicted octanol–water partition coefficient (Wildman–Crippen LogP) is 11.8. The van der Waals surface area contributed by atoms with E-state index in [-0.39, 0.29) is 25.7 Å². The van der Waals surface area contributed by atoms with Gasteiger partial charge in [-0.25, -0.2) is 4.98 Å². The number of nitrogens with zero attached hydrogens (tertiary/aromatic N) is 4. The number of aromatic nitrogens is 4. The third-order valence-electron chi connectivity index (χ3n) is 9.57. The minimum atomic E-state index is -2.14. The minimum Gasteiger partial charge on any atom is 0 e. The zero-order valence-electron chi connectivity index (χ0n) is 35.1. The smallest absolute Gasteiger partial charge is 0 e. The van der Waals surface area contributed by atoms with Crippen molar-refractivity contribution in [1.82, 2.24) is 19.5 Å². The van der Waals surface area contributed by atoms with Crippen LogP contribution < -0.4 is 4.40 Å². The standard InChI is InChI=1S/C29H18N3O.C18H24GeN.Ir/c1-18-16-17-22-21-11-7-12-23(27(21)33-29(22)30-18)28-31-24-13-4-5-14-26(24)32(28)25-15-6-9-19-8-2-3-10-20(19)25;1-13(2)16-11-18(15-9-7-14(3)8-10-15)20-12-17(16)19(4,5)6;/h2-11,13-17H,1H3;7-9,11-13H,1-6H3;/q2*-1;/i;3D3,13D;. The first-order valence-corrected chi connectivity index (χ1v) is 25.1. The van der Waals surface area contributed by atoms with E-state index in [1.54, 1.807) is 12.1 Å². The summed E-state index contributed by atoms with van der Waals surface area (Å²) in [5, 5.41) is 4.37. The average Bonchev–Trinajstić information content (AvgIpc) is 3.75. The van der Waals surface area contributed by atoms with Crippen LogP contribution >= 0.6 is 0 Å². The third kappa shape index (κ3) is 7.06. The zero-order chi connectivity index (χ0) is 40.3. The summed E-state index contributed by atoms with van der Waals surface area (Å²) in [4.78, 5) is 14.2. The van der Waals surface area contributed by atoms with Crippen molar-refractivity contribution in [2.45, 2.75) is 50.8 Å². The van der Waals surface area contributed by atoms with Crippen molar-refractivity contribution in [2.75, 3.05) is 0 Å². The van der Waals surface area contributed by atoms with E-state index in [1.807, 2.05) is 69.4 Å². The molecule has 0 aliphatic rings. The number of hydrogen-bond acceptors (Lipinski definition) is 4. The van der Waals surface area contributed by atoms with Crippen LogP contribution in [0.2, 0.25) is 17.3 Å². The summed E-state index contributed by atoms with van der Waals surface area (Å²) >= 11 is -2.14. The molecule has 0 saturated carbocycles. The Labute approximate surface area is 338 Å². The van der Waals surface area contributed by atoms with Crippen molar-refractivity contribution in [2.24, 2.45) is 0 Å². The number of imidazole rings is 1. The molecule has 0 spiro atoms. The molecule has 0 saturated heterocycles. The summed E-state index contributed by atoms with van der Waals surface area (Å²) in [6.45, 7) is 3.64. The molecule has 0 aliphatic carbocycles. The van der Waals surface area contributed by atoms with Crippen LogP contribution in [0.1, 0.15) is 42.0 Å². The molecule has 0 aliphatic heterocycles. The largest absolute Gasteiger partial charge is 0 e. The molecule has 5 nitrogen and oxygen atoms in total. The van der Waals surface area contributed by atoms with E-state index < -0.39 is 26.0 Å². The van der Waals surface area contributed by atoms with E-state index in [0.29, 0.717) is 5.71 Å². The van der Waals surface area contributed by atoms with E-state index in [0.717, 1.165) is 67.0 Å². The number of pyridine rings is 2. The van der Waals surface area contributed by atoms with Gasteiger partial charge in [0.15, 0.2) is 0 Å². The Bertz CT molecular complexity index is 2940. The number of furan rings is 1. The number of hydrogen-bond donors (Lipinski definition) is 0. The molecule has 0 unspecified atom stereocenters. The monoisotopic (exact) mass is 949 g/mol. The molecule has 9 aromatic rings. The van der Waals surface area contributed by atoms with Gasteiger partial charge in [0.2, 0.25) is 5.71 Å². The summed E-state index contributed by atoms with van der Waals surface area (Å²) in [6.07, 6.45) is 1.91. The summed E-state index contributed by atoms with van der Waals surface area (Å²) < 4.78 is 40.6. The Morgan fingerprint density at radius 3 is 2.41 bits per heavy atom. The quantitative estimate of drug-likeness (QED) is 0.127. The maximum Gasteiger partial charge on any atom is 0 e. The molecular formula is C47H42GeIrN4O-2. The van der Waals surface area contributed by atoms with Gasteiger partial charge in [0.1, 0.15) is 0 Å². The van der Waals surface area contributed by atoms with Crippen molar-refractivity contribution in [3.8, 4) is 28.3 Å². The third-order valence-corrected chi connectivity index (χ3v) is 13.8. The molecule has 1 radical (unpaired) electrons. The average molecular weight is 948 g/mol. The summed E-state index contributed by atoms with van der Waals surface area (Å²) in [5.74, 6) is 6.98. The zero-order valence-corrected chi connectivity index (χ0v) is 35.6. The van der Waals surface area contributed by atoms with E-state index in [1.165, 1.54) is 21.2 Å². The molecule has 9 rings (SSSR count). The van der Waals surface area contributed by atoms with Crippen LogP contribution in [0, 0.1) is 25.9 Å². The van der Waals surface area contributed by atoms with Gasteiger partial charge < -0.3 is 8.98 Å². The second-order valence-electron chi connectivity index (χ2n) is 14.6. The van der Waals surface area contributed by atoms with Crippen LogP contribution in [0.4, 0.5) is 0 Å². The fourth-order valence-corrected chi connectivity index (χ4v) is 10.2. The first kappa shape index (κ1) is 32.5. The van der Waals surface area contributed by atoms with Gasteiger partial charge in [-0.2, -0.15) is 0 Å². The van der Waals surface area contributed by atoms with Gasteiger partial charge in [-0.1, -0.05) is 59.5 Å². The molecule has 0 bridgehead atoms.